The molecule has 112 valence electrons. The van der Waals surface area contributed by atoms with Crippen LogP contribution in [0.4, 0.5) is 4.39 Å². The van der Waals surface area contributed by atoms with Gasteiger partial charge in [-0.15, -0.1) is 0 Å². The summed E-state index contributed by atoms with van der Waals surface area (Å²) in [5.41, 5.74) is 1.01. The van der Waals surface area contributed by atoms with Crippen LogP contribution < -0.4 is 5.32 Å². The Morgan fingerprint density at radius 2 is 2.29 bits per heavy atom. The normalized spacial score (nSPS) is 16.7. The van der Waals surface area contributed by atoms with Crippen LogP contribution in [0.25, 0.3) is 0 Å². The van der Waals surface area contributed by atoms with Gasteiger partial charge in [0, 0.05) is 38.1 Å². The summed E-state index contributed by atoms with van der Waals surface area (Å²) in [6.07, 6.45) is 4.86. The van der Waals surface area contributed by atoms with Gasteiger partial charge in [0.2, 0.25) is 0 Å². The molecule has 0 fully saturated rings. The zero-order valence-electron chi connectivity index (χ0n) is 12.3. The lowest BCUT2D eigenvalue weighted by molar-refractivity contribution is 0.207. The van der Waals surface area contributed by atoms with E-state index in [4.69, 9.17) is 0 Å². The maximum Gasteiger partial charge on any atom is 0.123 e. The molecule has 0 radical (unpaired) electrons. The van der Waals surface area contributed by atoms with Gasteiger partial charge in [0.1, 0.15) is 11.6 Å². The summed E-state index contributed by atoms with van der Waals surface area (Å²) in [6, 6.07) is 7.03. The van der Waals surface area contributed by atoms with E-state index in [9.17, 15) is 4.39 Å². The number of nitrogens with one attached hydrogen (secondary N) is 1. The maximum absolute atomic E-state index is 13.3. The van der Waals surface area contributed by atoms with E-state index in [-0.39, 0.29) is 11.9 Å². The molecule has 0 spiro atoms. The van der Waals surface area contributed by atoms with Crippen molar-refractivity contribution in [3.63, 3.8) is 0 Å². The van der Waals surface area contributed by atoms with Gasteiger partial charge in [-0.2, -0.15) is 0 Å². The van der Waals surface area contributed by atoms with Crippen LogP contribution in [0.3, 0.4) is 0 Å². The Morgan fingerprint density at radius 1 is 1.38 bits per heavy atom. The second-order valence-corrected chi connectivity index (χ2v) is 5.50. The molecule has 0 saturated heterocycles. The van der Waals surface area contributed by atoms with Crippen molar-refractivity contribution in [2.45, 2.75) is 25.6 Å². The first kappa shape index (κ1) is 14.2. The largest absolute Gasteiger partial charge is 0.333 e. The smallest absolute Gasteiger partial charge is 0.123 e. The van der Waals surface area contributed by atoms with E-state index in [1.807, 2.05) is 25.5 Å². The Kier molecular flexibility index (Phi) is 4.31. The zero-order valence-corrected chi connectivity index (χ0v) is 12.3. The number of benzene rings is 1. The predicted octanol–water partition coefficient (Wildman–Crippen LogP) is 2.19. The molecule has 1 aliphatic heterocycles. The van der Waals surface area contributed by atoms with Gasteiger partial charge in [-0.1, -0.05) is 12.1 Å². The lowest BCUT2D eigenvalue weighted by atomic mass is 10.0. The topological polar surface area (TPSA) is 33.1 Å². The first-order valence-corrected chi connectivity index (χ1v) is 7.41. The predicted molar refractivity (Wildman–Crippen MR) is 80.3 cm³/mol. The van der Waals surface area contributed by atoms with Crippen LogP contribution >= 0.6 is 0 Å². The number of nitrogens with zero attached hydrogens (tertiary/aromatic N) is 3. The summed E-state index contributed by atoms with van der Waals surface area (Å²) < 4.78 is 15.5. The van der Waals surface area contributed by atoms with E-state index in [0.29, 0.717) is 0 Å². The number of imidazole rings is 1. The molecule has 1 atom stereocenters. The molecular formula is C16H21FN4. The van der Waals surface area contributed by atoms with Crippen molar-refractivity contribution in [2.24, 2.45) is 0 Å². The third-order valence-corrected chi connectivity index (χ3v) is 4.16. The Balaban J connectivity index is 1.59. The average Bonchev–Trinajstić information content (AvgIpc) is 2.95. The van der Waals surface area contributed by atoms with Gasteiger partial charge in [0.25, 0.3) is 0 Å². The SMILES string of the molecule is CNC(CCN1CCn2ccnc2C1)c1cccc(F)c1. The molecule has 0 saturated carbocycles. The van der Waals surface area contributed by atoms with Crippen LogP contribution in [0, 0.1) is 5.82 Å². The summed E-state index contributed by atoms with van der Waals surface area (Å²) in [5, 5.41) is 3.29. The molecule has 0 bridgehead atoms. The second-order valence-electron chi connectivity index (χ2n) is 5.50. The van der Waals surface area contributed by atoms with Crippen molar-refractivity contribution in [3.05, 3.63) is 53.9 Å². The van der Waals surface area contributed by atoms with E-state index in [0.717, 1.165) is 44.0 Å². The Bertz CT molecular complexity index is 595. The van der Waals surface area contributed by atoms with Gasteiger partial charge in [0.15, 0.2) is 0 Å². The molecular weight excluding hydrogens is 267 g/mol. The Hall–Kier alpha value is -1.72. The van der Waals surface area contributed by atoms with Crippen molar-refractivity contribution in [1.29, 1.82) is 0 Å². The van der Waals surface area contributed by atoms with E-state index >= 15 is 0 Å². The lowest BCUT2D eigenvalue weighted by Crippen LogP contribution is -2.35. The minimum atomic E-state index is -0.173. The number of rotatable bonds is 5. The standard InChI is InChI=1S/C16H21FN4/c1-18-15(13-3-2-4-14(17)11-13)5-7-20-9-10-21-8-6-19-16(21)12-20/h2-4,6,8,11,15,18H,5,7,9-10,12H2,1H3. The van der Waals surface area contributed by atoms with Gasteiger partial charge in [-0.3, -0.25) is 4.90 Å². The third kappa shape index (κ3) is 3.31. The van der Waals surface area contributed by atoms with Crippen molar-refractivity contribution < 1.29 is 4.39 Å². The molecule has 0 amide bonds. The summed E-state index contributed by atoms with van der Waals surface area (Å²) in [6.45, 7) is 3.92. The highest BCUT2D eigenvalue weighted by Gasteiger charge is 2.18. The van der Waals surface area contributed by atoms with Gasteiger partial charge in [0.05, 0.1) is 6.54 Å². The summed E-state index contributed by atoms with van der Waals surface area (Å²) in [7, 11) is 1.93. The van der Waals surface area contributed by atoms with Crippen LogP contribution in [0.5, 0.6) is 0 Å². The Morgan fingerprint density at radius 3 is 3.10 bits per heavy atom. The minimum absolute atomic E-state index is 0.173. The summed E-state index contributed by atoms with van der Waals surface area (Å²) >= 11 is 0. The number of fused-ring (bicyclic) bond motifs is 1. The monoisotopic (exact) mass is 288 g/mol. The summed E-state index contributed by atoms with van der Waals surface area (Å²) in [4.78, 5) is 6.79. The molecule has 2 heterocycles. The fraction of sp³-hybridized carbons (Fsp3) is 0.438. The highest BCUT2D eigenvalue weighted by Crippen LogP contribution is 2.19. The molecule has 1 aliphatic rings. The van der Waals surface area contributed by atoms with Crippen LogP contribution in [0.1, 0.15) is 23.9 Å². The zero-order chi connectivity index (χ0) is 14.7. The lowest BCUT2D eigenvalue weighted by Gasteiger charge is -2.29. The molecule has 1 aromatic heterocycles. The van der Waals surface area contributed by atoms with Gasteiger partial charge in [-0.05, 0) is 31.2 Å². The van der Waals surface area contributed by atoms with Crippen LogP contribution in [0.15, 0.2) is 36.7 Å². The second kappa shape index (κ2) is 6.37. The minimum Gasteiger partial charge on any atom is -0.333 e. The van der Waals surface area contributed by atoms with Crippen LogP contribution in [-0.4, -0.2) is 34.6 Å². The van der Waals surface area contributed by atoms with Crippen LogP contribution in [-0.2, 0) is 13.1 Å². The van der Waals surface area contributed by atoms with Crippen LogP contribution in [0.2, 0.25) is 0 Å². The van der Waals surface area contributed by atoms with Gasteiger partial charge in [-0.25, -0.2) is 9.37 Å². The number of aromatic nitrogens is 2. The van der Waals surface area contributed by atoms with Crippen molar-refractivity contribution in [2.75, 3.05) is 20.1 Å². The Labute approximate surface area is 124 Å². The van der Waals surface area contributed by atoms with E-state index in [2.05, 4.69) is 19.8 Å². The molecule has 0 aliphatic carbocycles. The molecule has 1 N–H and O–H groups in total. The third-order valence-electron chi connectivity index (χ3n) is 4.16. The number of halogens is 1. The average molecular weight is 288 g/mol. The highest BCUT2D eigenvalue weighted by atomic mass is 19.1. The van der Waals surface area contributed by atoms with E-state index in [1.165, 1.54) is 6.07 Å². The van der Waals surface area contributed by atoms with Crippen molar-refractivity contribution >= 4 is 0 Å². The van der Waals surface area contributed by atoms with Gasteiger partial charge < -0.3 is 9.88 Å². The maximum atomic E-state index is 13.3. The molecule has 21 heavy (non-hydrogen) atoms. The molecule has 5 heteroatoms. The van der Waals surface area contributed by atoms with Crippen molar-refractivity contribution in [3.8, 4) is 0 Å². The van der Waals surface area contributed by atoms with E-state index < -0.39 is 0 Å². The molecule has 1 aromatic carbocycles. The van der Waals surface area contributed by atoms with Crippen molar-refractivity contribution in [1.82, 2.24) is 19.8 Å². The number of hydrogen-bond donors (Lipinski definition) is 1. The molecule has 4 nitrogen and oxygen atoms in total. The highest BCUT2D eigenvalue weighted by molar-refractivity contribution is 5.20. The summed E-state index contributed by atoms with van der Waals surface area (Å²) in [5.74, 6) is 0.959. The van der Waals surface area contributed by atoms with Gasteiger partial charge >= 0.3 is 0 Å². The number of hydrogen-bond acceptors (Lipinski definition) is 3. The molecule has 2 aromatic rings. The first-order chi connectivity index (χ1) is 10.3. The quantitative estimate of drug-likeness (QED) is 0.915. The van der Waals surface area contributed by atoms with E-state index in [1.54, 1.807) is 12.1 Å². The molecule has 1 unspecified atom stereocenters. The fourth-order valence-electron chi connectivity index (χ4n) is 2.93. The molecule has 3 rings (SSSR count). The first-order valence-electron chi connectivity index (χ1n) is 7.41. The fourth-order valence-corrected chi connectivity index (χ4v) is 2.93.